The van der Waals surface area contributed by atoms with Crippen molar-refractivity contribution in [3.63, 3.8) is 0 Å². The molecule has 0 bridgehead atoms. The van der Waals surface area contributed by atoms with Crippen LogP contribution in [0.15, 0.2) is 34.2 Å². The number of benzene rings is 1. The third-order valence-corrected chi connectivity index (χ3v) is 5.39. The molecule has 0 saturated heterocycles. The van der Waals surface area contributed by atoms with Crippen LogP contribution in [0.4, 0.5) is 0 Å². The largest absolute Gasteiger partial charge is 0.287 e. The third-order valence-electron chi connectivity index (χ3n) is 4.42. The van der Waals surface area contributed by atoms with Crippen LogP contribution >= 0.6 is 11.8 Å². The van der Waals surface area contributed by atoms with Crippen molar-refractivity contribution in [2.24, 2.45) is 5.92 Å². The SMILES string of the molecule is CCCCn1nnnc1CSc1nc2ccccc2c(=O)n1CCC(C)C. The van der Waals surface area contributed by atoms with E-state index in [2.05, 4.69) is 36.3 Å². The predicted octanol–water partition coefficient (Wildman–Crippen LogP) is 3.52. The summed E-state index contributed by atoms with van der Waals surface area (Å²) in [6, 6.07) is 7.52. The summed E-state index contributed by atoms with van der Waals surface area (Å²) in [7, 11) is 0. The molecule has 0 spiro atoms. The molecule has 0 aliphatic heterocycles. The molecule has 0 fully saturated rings. The standard InChI is InChI=1S/C19H26N6OS/c1-4-5-11-25-17(21-22-23-25)13-27-19-20-16-9-7-6-8-15(16)18(26)24(19)12-10-14(2)3/h6-9,14H,4-5,10-13H2,1-3H3. The molecule has 8 heteroatoms. The van der Waals surface area contributed by atoms with Gasteiger partial charge in [0.2, 0.25) is 0 Å². The zero-order valence-corrected chi connectivity index (χ0v) is 16.9. The second-order valence-corrected chi connectivity index (χ2v) is 7.95. The molecule has 7 nitrogen and oxygen atoms in total. The van der Waals surface area contributed by atoms with Crippen LogP contribution in [0, 0.1) is 5.92 Å². The summed E-state index contributed by atoms with van der Waals surface area (Å²) in [6.45, 7) is 7.94. The summed E-state index contributed by atoms with van der Waals surface area (Å²) in [5.41, 5.74) is 0.755. The number of hydrogen-bond acceptors (Lipinski definition) is 6. The fraction of sp³-hybridized carbons (Fsp3) is 0.526. The van der Waals surface area contributed by atoms with E-state index in [0.717, 1.165) is 42.3 Å². The number of unbranched alkanes of at least 4 members (excludes halogenated alkanes) is 1. The summed E-state index contributed by atoms with van der Waals surface area (Å²) < 4.78 is 3.64. The summed E-state index contributed by atoms with van der Waals surface area (Å²) in [5, 5.41) is 13.4. The third kappa shape index (κ3) is 4.74. The Bertz CT molecular complexity index is 949. The molecule has 0 aliphatic carbocycles. The van der Waals surface area contributed by atoms with Crippen LogP contribution in [0.25, 0.3) is 10.9 Å². The van der Waals surface area contributed by atoms with Crippen LogP contribution < -0.4 is 5.56 Å². The second kappa shape index (κ2) is 9.12. The van der Waals surface area contributed by atoms with E-state index in [-0.39, 0.29) is 5.56 Å². The number of hydrogen-bond donors (Lipinski definition) is 0. The number of aryl methyl sites for hydroxylation is 1. The number of fused-ring (bicyclic) bond motifs is 1. The zero-order valence-electron chi connectivity index (χ0n) is 16.1. The second-order valence-electron chi connectivity index (χ2n) is 7.01. The lowest BCUT2D eigenvalue weighted by molar-refractivity contribution is 0.480. The quantitative estimate of drug-likeness (QED) is 0.413. The first kappa shape index (κ1) is 19.5. The molecule has 0 unspecified atom stereocenters. The molecule has 1 aromatic carbocycles. The lowest BCUT2D eigenvalue weighted by Gasteiger charge is -2.14. The maximum atomic E-state index is 13.0. The maximum absolute atomic E-state index is 13.0. The highest BCUT2D eigenvalue weighted by Gasteiger charge is 2.14. The Balaban J connectivity index is 1.89. The van der Waals surface area contributed by atoms with Gasteiger partial charge < -0.3 is 0 Å². The van der Waals surface area contributed by atoms with Crippen LogP contribution in [-0.4, -0.2) is 29.8 Å². The highest BCUT2D eigenvalue weighted by molar-refractivity contribution is 7.98. The first-order valence-corrected chi connectivity index (χ1v) is 10.5. The molecule has 0 saturated carbocycles. The average molecular weight is 387 g/mol. The molecule has 144 valence electrons. The van der Waals surface area contributed by atoms with Gasteiger partial charge in [0.15, 0.2) is 11.0 Å². The lowest BCUT2D eigenvalue weighted by Crippen LogP contribution is -2.24. The minimum atomic E-state index is 0.0225. The van der Waals surface area contributed by atoms with E-state index in [1.54, 1.807) is 4.57 Å². The molecule has 0 amide bonds. The van der Waals surface area contributed by atoms with E-state index in [1.165, 1.54) is 11.8 Å². The van der Waals surface area contributed by atoms with Crippen molar-refractivity contribution >= 4 is 22.7 Å². The zero-order chi connectivity index (χ0) is 19.2. The molecule has 3 aromatic rings. The van der Waals surface area contributed by atoms with Gasteiger partial charge in [-0.15, -0.1) is 5.10 Å². The maximum Gasteiger partial charge on any atom is 0.262 e. The van der Waals surface area contributed by atoms with Crippen molar-refractivity contribution in [1.29, 1.82) is 0 Å². The van der Waals surface area contributed by atoms with E-state index in [9.17, 15) is 4.79 Å². The molecule has 2 aromatic heterocycles. The van der Waals surface area contributed by atoms with Crippen LogP contribution in [0.2, 0.25) is 0 Å². The van der Waals surface area contributed by atoms with Gasteiger partial charge in [-0.05, 0) is 41.3 Å². The van der Waals surface area contributed by atoms with Gasteiger partial charge in [-0.25, -0.2) is 9.67 Å². The number of thioether (sulfide) groups is 1. The van der Waals surface area contributed by atoms with Gasteiger partial charge in [0.1, 0.15) is 0 Å². The van der Waals surface area contributed by atoms with E-state index < -0.39 is 0 Å². The molecule has 0 aliphatic rings. The lowest BCUT2D eigenvalue weighted by atomic mass is 10.1. The Kier molecular flexibility index (Phi) is 6.60. The normalized spacial score (nSPS) is 11.6. The van der Waals surface area contributed by atoms with Gasteiger partial charge in [0.05, 0.1) is 16.7 Å². The van der Waals surface area contributed by atoms with E-state index in [0.29, 0.717) is 23.6 Å². The van der Waals surface area contributed by atoms with Crippen LogP contribution in [0.5, 0.6) is 0 Å². The van der Waals surface area contributed by atoms with Crippen molar-refractivity contribution < 1.29 is 0 Å². The topological polar surface area (TPSA) is 78.5 Å². The van der Waals surface area contributed by atoms with Crippen molar-refractivity contribution in [1.82, 2.24) is 29.8 Å². The highest BCUT2D eigenvalue weighted by atomic mass is 32.2. The average Bonchev–Trinajstić information content (AvgIpc) is 3.11. The van der Waals surface area contributed by atoms with Gasteiger partial charge in [-0.1, -0.05) is 51.1 Å². The minimum Gasteiger partial charge on any atom is -0.287 e. The molecular weight excluding hydrogens is 360 g/mol. The van der Waals surface area contributed by atoms with Crippen molar-refractivity contribution in [3.05, 3.63) is 40.4 Å². The summed E-state index contributed by atoms with van der Waals surface area (Å²) in [5.74, 6) is 1.91. The minimum absolute atomic E-state index is 0.0225. The molecule has 0 N–H and O–H groups in total. The molecule has 0 radical (unpaired) electrons. The van der Waals surface area contributed by atoms with Gasteiger partial charge >= 0.3 is 0 Å². The molecule has 3 rings (SSSR count). The Labute approximate surface area is 163 Å². The molecule has 27 heavy (non-hydrogen) atoms. The highest BCUT2D eigenvalue weighted by Crippen LogP contribution is 2.22. The van der Waals surface area contributed by atoms with Crippen molar-refractivity contribution in [3.8, 4) is 0 Å². The number of aromatic nitrogens is 6. The number of tetrazole rings is 1. The number of nitrogens with zero attached hydrogens (tertiary/aromatic N) is 6. The Hall–Kier alpha value is -2.22. The fourth-order valence-electron chi connectivity index (χ4n) is 2.78. The smallest absolute Gasteiger partial charge is 0.262 e. The van der Waals surface area contributed by atoms with Crippen molar-refractivity contribution in [2.75, 3.05) is 0 Å². The van der Waals surface area contributed by atoms with E-state index in [1.807, 2.05) is 28.9 Å². The molecular formula is C19H26N6OS. The van der Waals surface area contributed by atoms with Crippen molar-refractivity contribution in [2.45, 2.75) is 64.0 Å². The Morgan fingerprint density at radius 3 is 2.78 bits per heavy atom. The van der Waals surface area contributed by atoms with Crippen LogP contribution in [-0.2, 0) is 18.8 Å². The van der Waals surface area contributed by atoms with E-state index >= 15 is 0 Å². The van der Waals surface area contributed by atoms with Crippen LogP contribution in [0.1, 0.15) is 45.9 Å². The Morgan fingerprint density at radius 1 is 1.19 bits per heavy atom. The first-order valence-electron chi connectivity index (χ1n) is 9.47. The van der Waals surface area contributed by atoms with Gasteiger partial charge in [-0.2, -0.15) is 0 Å². The summed E-state index contributed by atoms with van der Waals surface area (Å²) >= 11 is 1.52. The molecule has 2 heterocycles. The van der Waals surface area contributed by atoms with Gasteiger partial charge in [-0.3, -0.25) is 9.36 Å². The van der Waals surface area contributed by atoms with Crippen LogP contribution in [0.3, 0.4) is 0 Å². The number of para-hydroxylation sites is 1. The van der Waals surface area contributed by atoms with E-state index in [4.69, 9.17) is 4.98 Å². The first-order chi connectivity index (χ1) is 13.1. The monoisotopic (exact) mass is 386 g/mol. The van der Waals surface area contributed by atoms with Gasteiger partial charge in [0.25, 0.3) is 5.56 Å². The Morgan fingerprint density at radius 2 is 2.00 bits per heavy atom. The summed E-state index contributed by atoms with van der Waals surface area (Å²) in [4.78, 5) is 17.7. The van der Waals surface area contributed by atoms with Gasteiger partial charge in [0, 0.05) is 13.1 Å². The predicted molar refractivity (Wildman–Crippen MR) is 108 cm³/mol. The fourth-order valence-corrected chi connectivity index (χ4v) is 3.74. The molecule has 0 atom stereocenters. The number of rotatable bonds is 9. The summed E-state index contributed by atoms with van der Waals surface area (Å²) in [6.07, 6.45) is 3.06.